The van der Waals surface area contributed by atoms with E-state index in [0.717, 1.165) is 11.1 Å². The molecule has 0 saturated carbocycles. The van der Waals surface area contributed by atoms with Crippen molar-refractivity contribution in [3.63, 3.8) is 0 Å². The molecule has 4 rings (SSSR count). The molecule has 1 aliphatic rings. The first-order chi connectivity index (χ1) is 14.6. The number of carbonyl (C=O) groups is 1. The SMILES string of the molecule is C[C@@H]1CN(C(=O)c2cn(Cc3ccccc3)nc2OCc2ccccc2)C[C@@H](C)O1. The summed E-state index contributed by atoms with van der Waals surface area (Å²) in [6.45, 7) is 6.03. The number of hydrogen-bond donors (Lipinski definition) is 0. The number of amides is 1. The minimum atomic E-state index is -0.0700. The molecular formula is C24H27N3O3. The lowest BCUT2D eigenvalue weighted by atomic mass is 10.2. The van der Waals surface area contributed by atoms with Crippen LogP contribution in [0.4, 0.5) is 0 Å². The summed E-state index contributed by atoms with van der Waals surface area (Å²) in [5.41, 5.74) is 2.63. The normalized spacial score (nSPS) is 18.9. The number of nitrogens with zero attached hydrogens (tertiary/aromatic N) is 3. The number of carbonyl (C=O) groups excluding carboxylic acids is 1. The third kappa shape index (κ3) is 4.89. The van der Waals surface area contributed by atoms with Crippen molar-refractivity contribution in [2.75, 3.05) is 13.1 Å². The average molecular weight is 405 g/mol. The monoisotopic (exact) mass is 405 g/mol. The van der Waals surface area contributed by atoms with Gasteiger partial charge in [0.05, 0.1) is 18.8 Å². The van der Waals surface area contributed by atoms with Crippen LogP contribution < -0.4 is 4.74 Å². The zero-order valence-electron chi connectivity index (χ0n) is 17.4. The summed E-state index contributed by atoms with van der Waals surface area (Å²) in [6, 6.07) is 19.9. The van der Waals surface area contributed by atoms with Gasteiger partial charge in [0, 0.05) is 19.3 Å². The smallest absolute Gasteiger partial charge is 0.261 e. The van der Waals surface area contributed by atoms with Crippen LogP contribution in [0.2, 0.25) is 0 Å². The maximum absolute atomic E-state index is 13.3. The Labute approximate surface area is 177 Å². The fourth-order valence-electron chi connectivity index (χ4n) is 3.75. The van der Waals surface area contributed by atoms with Crippen LogP contribution in [0.25, 0.3) is 0 Å². The molecule has 156 valence electrons. The van der Waals surface area contributed by atoms with Gasteiger partial charge in [-0.1, -0.05) is 60.7 Å². The maximum Gasteiger partial charge on any atom is 0.261 e. The molecule has 0 N–H and O–H groups in total. The van der Waals surface area contributed by atoms with Gasteiger partial charge in [0.15, 0.2) is 0 Å². The van der Waals surface area contributed by atoms with E-state index in [4.69, 9.17) is 9.47 Å². The van der Waals surface area contributed by atoms with Crippen LogP contribution in [0, 0.1) is 0 Å². The van der Waals surface area contributed by atoms with Gasteiger partial charge in [-0.3, -0.25) is 9.48 Å². The molecule has 0 bridgehead atoms. The van der Waals surface area contributed by atoms with Gasteiger partial charge in [0.2, 0.25) is 5.88 Å². The van der Waals surface area contributed by atoms with Gasteiger partial charge >= 0.3 is 0 Å². The van der Waals surface area contributed by atoms with E-state index in [1.165, 1.54) is 0 Å². The molecule has 1 aromatic heterocycles. The van der Waals surface area contributed by atoms with Crippen LogP contribution in [0.15, 0.2) is 66.9 Å². The Kier molecular flexibility index (Phi) is 6.14. The van der Waals surface area contributed by atoms with Crippen LogP contribution in [-0.4, -0.2) is 45.9 Å². The van der Waals surface area contributed by atoms with Crippen molar-refractivity contribution in [2.24, 2.45) is 0 Å². The topological polar surface area (TPSA) is 56.6 Å². The van der Waals surface area contributed by atoms with E-state index < -0.39 is 0 Å². The van der Waals surface area contributed by atoms with Gasteiger partial charge in [-0.2, -0.15) is 0 Å². The highest BCUT2D eigenvalue weighted by Crippen LogP contribution is 2.23. The highest BCUT2D eigenvalue weighted by atomic mass is 16.5. The van der Waals surface area contributed by atoms with Gasteiger partial charge in [0.25, 0.3) is 5.91 Å². The first-order valence-corrected chi connectivity index (χ1v) is 10.3. The number of morpholine rings is 1. The average Bonchev–Trinajstić information content (AvgIpc) is 3.15. The first kappa shape index (κ1) is 20.2. The van der Waals surface area contributed by atoms with E-state index in [9.17, 15) is 4.79 Å². The quantitative estimate of drug-likeness (QED) is 0.627. The minimum absolute atomic E-state index is 0.00532. The fraction of sp³-hybridized carbons (Fsp3) is 0.333. The zero-order chi connectivity index (χ0) is 20.9. The van der Waals surface area contributed by atoms with E-state index >= 15 is 0 Å². The number of rotatable bonds is 6. The second kappa shape index (κ2) is 9.13. The van der Waals surface area contributed by atoms with E-state index in [0.29, 0.717) is 37.7 Å². The summed E-state index contributed by atoms with van der Waals surface area (Å²) in [5.74, 6) is 0.297. The molecule has 1 saturated heterocycles. The van der Waals surface area contributed by atoms with Crippen molar-refractivity contribution in [3.8, 4) is 5.88 Å². The lowest BCUT2D eigenvalue weighted by molar-refractivity contribution is -0.0586. The molecule has 6 nitrogen and oxygen atoms in total. The molecule has 3 aromatic rings. The van der Waals surface area contributed by atoms with Crippen molar-refractivity contribution in [3.05, 3.63) is 83.6 Å². The number of aromatic nitrogens is 2. The van der Waals surface area contributed by atoms with E-state index in [1.54, 1.807) is 10.9 Å². The molecule has 0 radical (unpaired) electrons. The van der Waals surface area contributed by atoms with E-state index in [-0.39, 0.29) is 18.1 Å². The van der Waals surface area contributed by atoms with Crippen LogP contribution in [0.3, 0.4) is 0 Å². The van der Waals surface area contributed by atoms with Crippen molar-refractivity contribution in [2.45, 2.75) is 39.2 Å². The molecule has 6 heteroatoms. The highest BCUT2D eigenvalue weighted by Gasteiger charge is 2.30. The van der Waals surface area contributed by atoms with Crippen molar-refractivity contribution >= 4 is 5.91 Å². The molecular weight excluding hydrogens is 378 g/mol. The third-order valence-electron chi connectivity index (χ3n) is 5.07. The number of hydrogen-bond acceptors (Lipinski definition) is 4. The number of benzene rings is 2. The summed E-state index contributed by atoms with van der Waals surface area (Å²) in [6.07, 6.45) is 1.80. The van der Waals surface area contributed by atoms with Gasteiger partial charge < -0.3 is 14.4 Å². The maximum atomic E-state index is 13.3. The van der Waals surface area contributed by atoms with E-state index in [1.807, 2.05) is 79.4 Å². The highest BCUT2D eigenvalue weighted by molar-refractivity contribution is 5.96. The molecule has 2 atom stereocenters. The summed E-state index contributed by atoms with van der Waals surface area (Å²) in [7, 11) is 0. The summed E-state index contributed by atoms with van der Waals surface area (Å²) >= 11 is 0. The first-order valence-electron chi connectivity index (χ1n) is 10.3. The molecule has 30 heavy (non-hydrogen) atoms. The summed E-state index contributed by atoms with van der Waals surface area (Å²) in [4.78, 5) is 15.2. The Balaban J connectivity index is 1.58. The molecule has 0 spiro atoms. The molecule has 1 amide bonds. The van der Waals surface area contributed by atoms with Gasteiger partial charge in [-0.15, -0.1) is 5.10 Å². The molecule has 1 aliphatic heterocycles. The molecule has 2 aromatic carbocycles. The zero-order valence-corrected chi connectivity index (χ0v) is 17.4. The lowest BCUT2D eigenvalue weighted by Crippen LogP contribution is -2.48. The Bertz CT molecular complexity index is 962. The molecule has 2 heterocycles. The van der Waals surface area contributed by atoms with Crippen molar-refractivity contribution in [1.29, 1.82) is 0 Å². The lowest BCUT2D eigenvalue weighted by Gasteiger charge is -2.35. The van der Waals surface area contributed by atoms with Crippen LogP contribution in [0.5, 0.6) is 5.88 Å². The molecule has 1 fully saturated rings. The largest absolute Gasteiger partial charge is 0.471 e. The standard InChI is InChI=1S/C24H27N3O3/c1-18-13-26(14-19(2)30-18)24(28)22-16-27(15-20-9-5-3-6-10-20)25-23(22)29-17-21-11-7-4-8-12-21/h3-12,16,18-19H,13-15,17H2,1-2H3/t18-,19-/m1/s1. The Morgan fingerprint density at radius 2 is 1.60 bits per heavy atom. The van der Waals surface area contributed by atoms with Crippen LogP contribution in [-0.2, 0) is 17.9 Å². The second-order valence-corrected chi connectivity index (χ2v) is 7.77. The molecule has 0 unspecified atom stereocenters. The minimum Gasteiger partial charge on any atom is -0.471 e. The van der Waals surface area contributed by atoms with Gasteiger partial charge in [-0.05, 0) is 25.0 Å². The number of ether oxygens (including phenoxy) is 2. The van der Waals surface area contributed by atoms with Crippen molar-refractivity contribution in [1.82, 2.24) is 14.7 Å². The predicted octanol–water partition coefficient (Wildman–Crippen LogP) is 3.76. The van der Waals surface area contributed by atoms with Gasteiger partial charge in [0.1, 0.15) is 12.2 Å². The fourth-order valence-corrected chi connectivity index (χ4v) is 3.75. The van der Waals surface area contributed by atoms with Crippen LogP contribution >= 0.6 is 0 Å². The summed E-state index contributed by atoms with van der Waals surface area (Å²) in [5, 5.41) is 4.59. The Hall–Kier alpha value is -3.12. The van der Waals surface area contributed by atoms with Gasteiger partial charge in [-0.25, -0.2) is 0 Å². The second-order valence-electron chi connectivity index (χ2n) is 7.77. The van der Waals surface area contributed by atoms with Crippen molar-refractivity contribution < 1.29 is 14.3 Å². The summed E-state index contributed by atoms with van der Waals surface area (Å²) < 4.78 is 13.5. The Morgan fingerprint density at radius 1 is 1.00 bits per heavy atom. The van der Waals surface area contributed by atoms with E-state index in [2.05, 4.69) is 5.10 Å². The van der Waals surface area contributed by atoms with Crippen LogP contribution in [0.1, 0.15) is 35.3 Å². The predicted molar refractivity (Wildman–Crippen MR) is 114 cm³/mol. The molecule has 0 aliphatic carbocycles. The Morgan fingerprint density at radius 3 is 2.23 bits per heavy atom. The third-order valence-corrected chi connectivity index (χ3v) is 5.07.